The van der Waals surface area contributed by atoms with Crippen molar-refractivity contribution in [1.82, 2.24) is 19.5 Å². The second-order valence-electron chi connectivity index (χ2n) is 7.46. The molecule has 1 N–H and O–H groups in total. The summed E-state index contributed by atoms with van der Waals surface area (Å²) in [6, 6.07) is 11.3. The maximum Gasteiger partial charge on any atom is 0.274 e. The fraction of sp³-hybridized carbons (Fsp3) is 0.333. The van der Waals surface area contributed by atoms with Gasteiger partial charge in [0.2, 0.25) is 5.91 Å². The average molecular weight is 375 g/mol. The normalized spacial score (nSPS) is 23.4. The Balaban J connectivity index is 1.58. The maximum absolute atomic E-state index is 13.5. The number of hydrogen-bond acceptors (Lipinski definition) is 4. The van der Waals surface area contributed by atoms with E-state index in [9.17, 15) is 9.59 Å². The van der Waals surface area contributed by atoms with E-state index >= 15 is 0 Å². The molecule has 0 saturated carbocycles. The minimum Gasteiger partial charge on any atom is -0.333 e. The van der Waals surface area contributed by atoms with Crippen molar-refractivity contribution in [2.45, 2.75) is 37.6 Å². The molecule has 1 fully saturated rings. The van der Waals surface area contributed by atoms with Gasteiger partial charge in [0.1, 0.15) is 0 Å². The Morgan fingerprint density at radius 3 is 3.00 bits per heavy atom. The van der Waals surface area contributed by atoms with Crippen molar-refractivity contribution in [3.05, 3.63) is 60.0 Å². The van der Waals surface area contributed by atoms with E-state index in [0.717, 1.165) is 24.1 Å². The van der Waals surface area contributed by atoms with Crippen LogP contribution in [0.1, 0.15) is 42.2 Å². The van der Waals surface area contributed by atoms with Crippen LogP contribution in [0, 0.1) is 0 Å². The number of nitrogens with one attached hydrogen (secondary N) is 1. The number of likely N-dealkylation sites (tertiary alicyclic amines) is 1. The number of hydrogen-bond donors (Lipinski definition) is 1. The Kier molecular flexibility index (Phi) is 3.72. The number of imidazole rings is 1. The molecule has 0 unspecified atom stereocenters. The molecule has 0 aliphatic carbocycles. The second-order valence-corrected chi connectivity index (χ2v) is 7.46. The number of benzene rings is 1. The number of amides is 2. The lowest BCUT2D eigenvalue weighted by Gasteiger charge is -2.33. The van der Waals surface area contributed by atoms with Crippen LogP contribution in [-0.4, -0.2) is 43.9 Å². The molecule has 142 valence electrons. The molecule has 7 heteroatoms. The van der Waals surface area contributed by atoms with Gasteiger partial charge in [-0.2, -0.15) is 5.10 Å². The Morgan fingerprint density at radius 1 is 1.29 bits per heavy atom. The van der Waals surface area contributed by atoms with Crippen molar-refractivity contribution >= 4 is 23.1 Å². The smallest absolute Gasteiger partial charge is 0.274 e. The maximum atomic E-state index is 13.5. The first-order chi connectivity index (χ1) is 13.7. The van der Waals surface area contributed by atoms with Crippen LogP contribution in [0.3, 0.4) is 0 Å². The van der Waals surface area contributed by atoms with E-state index in [0.29, 0.717) is 24.3 Å². The van der Waals surface area contributed by atoms with Crippen molar-refractivity contribution in [1.29, 1.82) is 0 Å². The van der Waals surface area contributed by atoms with Gasteiger partial charge in [0.25, 0.3) is 5.91 Å². The van der Waals surface area contributed by atoms with Crippen LogP contribution in [0.4, 0.5) is 5.69 Å². The predicted octanol–water partition coefficient (Wildman–Crippen LogP) is 2.63. The van der Waals surface area contributed by atoms with Crippen molar-refractivity contribution in [3.8, 4) is 0 Å². The molecule has 2 aliphatic heterocycles. The van der Waals surface area contributed by atoms with Crippen molar-refractivity contribution < 1.29 is 9.59 Å². The third-order valence-electron chi connectivity index (χ3n) is 6.07. The summed E-state index contributed by atoms with van der Waals surface area (Å²) in [7, 11) is 0. The molecule has 1 aromatic carbocycles. The molecule has 0 bridgehead atoms. The number of aromatic nitrogens is 3. The summed E-state index contributed by atoms with van der Waals surface area (Å²) in [4.78, 5) is 32.7. The summed E-state index contributed by atoms with van der Waals surface area (Å²) in [6.07, 6.45) is 5.48. The van der Waals surface area contributed by atoms with Crippen LogP contribution in [0.5, 0.6) is 0 Å². The van der Waals surface area contributed by atoms with Gasteiger partial charge in [0, 0.05) is 18.4 Å². The molecule has 28 heavy (non-hydrogen) atoms. The summed E-state index contributed by atoms with van der Waals surface area (Å²) in [6.45, 7) is 2.62. The van der Waals surface area contributed by atoms with Crippen LogP contribution in [0.2, 0.25) is 0 Å². The van der Waals surface area contributed by atoms with E-state index in [2.05, 4.69) is 22.3 Å². The first-order valence-corrected chi connectivity index (χ1v) is 9.67. The van der Waals surface area contributed by atoms with Crippen LogP contribution in [0.15, 0.2) is 48.8 Å². The van der Waals surface area contributed by atoms with Crippen LogP contribution < -0.4 is 5.32 Å². The number of carbonyl (C=O) groups is 2. The molecular weight excluding hydrogens is 354 g/mol. The highest BCUT2D eigenvalue weighted by Gasteiger charge is 2.58. The largest absolute Gasteiger partial charge is 0.333 e. The van der Waals surface area contributed by atoms with Gasteiger partial charge in [-0.25, -0.2) is 9.50 Å². The number of carbonyl (C=O) groups excluding carboxylic acids is 2. The third-order valence-corrected chi connectivity index (χ3v) is 6.07. The zero-order valence-electron chi connectivity index (χ0n) is 15.6. The fourth-order valence-corrected chi connectivity index (χ4v) is 4.84. The topological polar surface area (TPSA) is 79.6 Å². The van der Waals surface area contributed by atoms with Gasteiger partial charge in [0.15, 0.2) is 11.3 Å². The van der Waals surface area contributed by atoms with E-state index in [4.69, 9.17) is 0 Å². The zero-order valence-corrected chi connectivity index (χ0v) is 15.6. The highest BCUT2D eigenvalue weighted by Crippen LogP contribution is 2.49. The van der Waals surface area contributed by atoms with E-state index in [1.165, 1.54) is 0 Å². The van der Waals surface area contributed by atoms with Gasteiger partial charge < -0.3 is 10.2 Å². The van der Waals surface area contributed by atoms with Crippen molar-refractivity contribution in [2.24, 2.45) is 0 Å². The van der Waals surface area contributed by atoms with Gasteiger partial charge in [-0.1, -0.05) is 31.5 Å². The summed E-state index contributed by atoms with van der Waals surface area (Å²) < 4.78 is 1.57. The van der Waals surface area contributed by atoms with Crippen LogP contribution >= 0.6 is 0 Å². The molecule has 4 heterocycles. The minimum atomic E-state index is -0.684. The first-order valence-electron chi connectivity index (χ1n) is 9.67. The Morgan fingerprint density at radius 2 is 2.14 bits per heavy atom. The lowest BCUT2D eigenvalue weighted by molar-refractivity contribution is -0.121. The lowest BCUT2D eigenvalue weighted by Crippen LogP contribution is -2.49. The minimum absolute atomic E-state index is 0.00119. The SMILES string of the molecule is CCC[C@@H]1N(C(=O)c2cnc3cccnn23)CC[C@]12C(=O)Nc1ccccc12. The quantitative estimate of drug-likeness (QED) is 0.763. The number of para-hydroxylation sites is 1. The molecule has 5 rings (SSSR count). The Labute approximate surface area is 162 Å². The van der Waals surface area contributed by atoms with Gasteiger partial charge in [-0.15, -0.1) is 0 Å². The number of rotatable bonds is 3. The first kappa shape index (κ1) is 16.9. The van der Waals surface area contributed by atoms with E-state index < -0.39 is 5.41 Å². The Hall–Kier alpha value is -3.22. The molecule has 7 nitrogen and oxygen atoms in total. The molecule has 1 saturated heterocycles. The van der Waals surface area contributed by atoms with Crippen molar-refractivity contribution in [3.63, 3.8) is 0 Å². The van der Waals surface area contributed by atoms with Crippen LogP contribution in [-0.2, 0) is 10.2 Å². The standard InChI is InChI=1S/C21H21N5O2/c1-2-6-17-21(14-7-3-4-8-15(14)24-20(21)28)10-12-25(17)19(27)16-13-22-18-9-5-11-23-26(16)18/h3-5,7-9,11,13,17H,2,6,10,12H2,1H3,(H,24,28)/t17-,21+/m0/s1. The molecule has 2 aromatic heterocycles. The van der Waals surface area contributed by atoms with Gasteiger partial charge in [0.05, 0.1) is 17.7 Å². The van der Waals surface area contributed by atoms with Crippen molar-refractivity contribution in [2.75, 3.05) is 11.9 Å². The highest BCUT2D eigenvalue weighted by atomic mass is 16.2. The highest BCUT2D eigenvalue weighted by molar-refractivity contribution is 6.08. The van der Waals surface area contributed by atoms with Gasteiger partial charge in [-0.05, 0) is 36.6 Å². The molecule has 0 radical (unpaired) electrons. The number of nitrogens with zero attached hydrogens (tertiary/aromatic N) is 4. The number of fused-ring (bicyclic) bond motifs is 3. The van der Waals surface area contributed by atoms with Crippen LogP contribution in [0.25, 0.3) is 5.65 Å². The fourth-order valence-electron chi connectivity index (χ4n) is 4.84. The second kappa shape index (κ2) is 6.15. The molecule has 2 aliphatic rings. The predicted molar refractivity (Wildman–Crippen MR) is 104 cm³/mol. The molecule has 2 atom stereocenters. The van der Waals surface area contributed by atoms with E-state index in [1.54, 1.807) is 23.0 Å². The third kappa shape index (κ3) is 2.16. The molecule has 1 spiro atoms. The Bertz CT molecular complexity index is 1090. The number of anilines is 1. The zero-order chi connectivity index (χ0) is 19.3. The van der Waals surface area contributed by atoms with Gasteiger partial charge >= 0.3 is 0 Å². The molecular formula is C21H21N5O2. The summed E-state index contributed by atoms with van der Waals surface area (Å²) in [5.41, 5.74) is 2.25. The molecule has 3 aromatic rings. The monoisotopic (exact) mass is 375 g/mol. The summed E-state index contributed by atoms with van der Waals surface area (Å²) in [5, 5.41) is 7.31. The summed E-state index contributed by atoms with van der Waals surface area (Å²) >= 11 is 0. The van der Waals surface area contributed by atoms with E-state index in [1.807, 2.05) is 35.2 Å². The van der Waals surface area contributed by atoms with Gasteiger partial charge in [-0.3, -0.25) is 9.59 Å². The van der Waals surface area contributed by atoms with E-state index in [-0.39, 0.29) is 17.9 Å². The lowest BCUT2D eigenvalue weighted by atomic mass is 9.73. The molecule has 2 amide bonds. The summed E-state index contributed by atoms with van der Waals surface area (Å²) in [5.74, 6) is -0.127. The average Bonchev–Trinajstić information content (AvgIpc) is 3.38.